The van der Waals surface area contributed by atoms with Gasteiger partial charge in [-0.15, -0.1) is 0 Å². The Kier molecular flexibility index (Phi) is 5.83. The van der Waals surface area contributed by atoms with Crippen molar-refractivity contribution in [2.24, 2.45) is 5.73 Å². The lowest BCUT2D eigenvalue weighted by atomic mass is 10.1. The van der Waals surface area contributed by atoms with Crippen molar-refractivity contribution < 1.29 is 9.53 Å². The zero-order valence-electron chi connectivity index (χ0n) is 12.1. The van der Waals surface area contributed by atoms with Crippen LogP contribution < -0.4 is 15.8 Å². The van der Waals surface area contributed by atoms with Gasteiger partial charge in [-0.2, -0.15) is 0 Å². The fourth-order valence-electron chi connectivity index (χ4n) is 1.70. The van der Waals surface area contributed by atoms with Crippen LogP contribution in [0.2, 0.25) is 0 Å². The number of hydrogen-bond acceptors (Lipinski definition) is 3. The smallest absolute Gasteiger partial charge is 0.237 e. The van der Waals surface area contributed by atoms with Crippen molar-refractivity contribution >= 4 is 5.91 Å². The van der Waals surface area contributed by atoms with E-state index in [1.165, 1.54) is 0 Å². The lowest BCUT2D eigenvalue weighted by Crippen LogP contribution is -2.41. The molecule has 2 atom stereocenters. The Morgan fingerprint density at radius 2 is 1.84 bits per heavy atom. The van der Waals surface area contributed by atoms with E-state index >= 15 is 0 Å². The summed E-state index contributed by atoms with van der Waals surface area (Å²) in [6, 6.07) is 7.25. The molecule has 1 aromatic rings. The predicted octanol–water partition coefficient (Wildman–Crippen LogP) is 2.39. The Hall–Kier alpha value is -1.55. The molecule has 0 fully saturated rings. The number of carbonyl (C=O) groups is 1. The third kappa shape index (κ3) is 4.91. The van der Waals surface area contributed by atoms with Gasteiger partial charge in [0.1, 0.15) is 5.75 Å². The molecule has 0 aliphatic heterocycles. The summed E-state index contributed by atoms with van der Waals surface area (Å²) in [6.45, 7) is 7.82. The Balaban J connectivity index is 2.62. The first kappa shape index (κ1) is 15.5. The van der Waals surface area contributed by atoms with E-state index in [0.717, 1.165) is 11.3 Å². The zero-order chi connectivity index (χ0) is 14.4. The number of amides is 1. The number of benzene rings is 1. The molecule has 19 heavy (non-hydrogen) atoms. The maximum atomic E-state index is 11.7. The van der Waals surface area contributed by atoms with Crippen LogP contribution in [0, 0.1) is 0 Å². The summed E-state index contributed by atoms with van der Waals surface area (Å²) in [5.41, 5.74) is 6.72. The van der Waals surface area contributed by atoms with Crippen molar-refractivity contribution in [1.82, 2.24) is 5.32 Å². The Bertz CT molecular complexity index is 401. The van der Waals surface area contributed by atoms with Gasteiger partial charge in [-0.05, 0) is 44.9 Å². The fraction of sp³-hybridized carbons (Fsp3) is 0.533. The minimum Gasteiger partial charge on any atom is -0.491 e. The summed E-state index contributed by atoms with van der Waals surface area (Å²) >= 11 is 0. The highest BCUT2D eigenvalue weighted by Crippen LogP contribution is 2.18. The van der Waals surface area contributed by atoms with Gasteiger partial charge in [-0.25, -0.2) is 0 Å². The summed E-state index contributed by atoms with van der Waals surface area (Å²) in [6.07, 6.45) is 0.797. The SMILES string of the molecule is CCC(N)C(=O)NC(C)c1ccc(OC(C)C)cc1. The van der Waals surface area contributed by atoms with E-state index in [1.54, 1.807) is 0 Å². The van der Waals surface area contributed by atoms with Crippen LogP contribution in [0.5, 0.6) is 5.75 Å². The number of nitrogens with one attached hydrogen (secondary N) is 1. The number of hydrogen-bond donors (Lipinski definition) is 2. The van der Waals surface area contributed by atoms with Crippen molar-refractivity contribution in [3.8, 4) is 5.75 Å². The topological polar surface area (TPSA) is 64.4 Å². The highest BCUT2D eigenvalue weighted by atomic mass is 16.5. The van der Waals surface area contributed by atoms with Crippen LogP contribution in [0.3, 0.4) is 0 Å². The number of nitrogens with two attached hydrogens (primary N) is 1. The first-order valence-electron chi connectivity index (χ1n) is 6.76. The minimum atomic E-state index is -0.439. The van der Waals surface area contributed by atoms with Crippen LogP contribution in [0.1, 0.15) is 45.7 Å². The highest BCUT2D eigenvalue weighted by Gasteiger charge is 2.14. The van der Waals surface area contributed by atoms with Gasteiger partial charge in [0, 0.05) is 0 Å². The van der Waals surface area contributed by atoms with Gasteiger partial charge >= 0.3 is 0 Å². The van der Waals surface area contributed by atoms with E-state index in [9.17, 15) is 4.79 Å². The molecule has 1 rings (SSSR count). The van der Waals surface area contributed by atoms with Crippen molar-refractivity contribution in [2.45, 2.75) is 52.3 Å². The molecule has 0 saturated carbocycles. The Morgan fingerprint density at radius 3 is 2.32 bits per heavy atom. The maximum Gasteiger partial charge on any atom is 0.237 e. The molecule has 0 heterocycles. The number of rotatable bonds is 6. The third-order valence-corrected chi connectivity index (χ3v) is 2.89. The molecule has 0 saturated heterocycles. The third-order valence-electron chi connectivity index (χ3n) is 2.89. The van der Waals surface area contributed by atoms with Crippen molar-refractivity contribution in [3.05, 3.63) is 29.8 Å². The second kappa shape index (κ2) is 7.14. The van der Waals surface area contributed by atoms with Gasteiger partial charge in [0.25, 0.3) is 0 Å². The van der Waals surface area contributed by atoms with Gasteiger partial charge in [0.2, 0.25) is 5.91 Å². The number of ether oxygens (including phenoxy) is 1. The molecule has 0 spiro atoms. The quantitative estimate of drug-likeness (QED) is 0.829. The monoisotopic (exact) mass is 264 g/mol. The maximum absolute atomic E-state index is 11.7. The van der Waals surface area contributed by atoms with Crippen LogP contribution in [0.4, 0.5) is 0 Å². The Labute approximate surface area is 115 Å². The molecule has 4 heteroatoms. The number of carbonyl (C=O) groups excluding carboxylic acids is 1. The molecular formula is C15H24N2O2. The second-order valence-electron chi connectivity index (χ2n) is 4.98. The largest absolute Gasteiger partial charge is 0.491 e. The molecule has 1 amide bonds. The fourth-order valence-corrected chi connectivity index (χ4v) is 1.70. The average molecular weight is 264 g/mol. The first-order valence-corrected chi connectivity index (χ1v) is 6.76. The molecule has 4 nitrogen and oxygen atoms in total. The van der Waals surface area contributed by atoms with E-state index in [0.29, 0.717) is 6.42 Å². The van der Waals surface area contributed by atoms with Crippen molar-refractivity contribution in [2.75, 3.05) is 0 Å². The summed E-state index contributed by atoms with van der Waals surface area (Å²) in [5, 5.41) is 2.90. The highest BCUT2D eigenvalue weighted by molar-refractivity contribution is 5.81. The molecule has 0 radical (unpaired) electrons. The average Bonchev–Trinajstić information content (AvgIpc) is 2.37. The van der Waals surface area contributed by atoms with E-state index < -0.39 is 6.04 Å². The van der Waals surface area contributed by atoms with Crippen molar-refractivity contribution in [1.29, 1.82) is 0 Å². The van der Waals surface area contributed by atoms with Crippen LogP contribution >= 0.6 is 0 Å². The summed E-state index contributed by atoms with van der Waals surface area (Å²) in [4.78, 5) is 11.7. The Morgan fingerprint density at radius 1 is 1.26 bits per heavy atom. The summed E-state index contributed by atoms with van der Waals surface area (Å²) in [7, 11) is 0. The van der Waals surface area contributed by atoms with Crippen LogP contribution in [0.15, 0.2) is 24.3 Å². The molecule has 2 unspecified atom stereocenters. The summed E-state index contributed by atoms with van der Waals surface area (Å²) < 4.78 is 5.58. The van der Waals surface area contributed by atoms with E-state index in [4.69, 9.17) is 10.5 Å². The van der Waals surface area contributed by atoms with E-state index in [1.807, 2.05) is 52.0 Å². The van der Waals surface area contributed by atoms with E-state index in [-0.39, 0.29) is 18.1 Å². The molecule has 106 valence electrons. The van der Waals surface area contributed by atoms with Crippen LogP contribution in [-0.4, -0.2) is 18.1 Å². The van der Waals surface area contributed by atoms with Gasteiger partial charge in [-0.3, -0.25) is 4.79 Å². The molecular weight excluding hydrogens is 240 g/mol. The lowest BCUT2D eigenvalue weighted by Gasteiger charge is -2.17. The van der Waals surface area contributed by atoms with Gasteiger partial charge < -0.3 is 15.8 Å². The van der Waals surface area contributed by atoms with Crippen LogP contribution in [0.25, 0.3) is 0 Å². The van der Waals surface area contributed by atoms with E-state index in [2.05, 4.69) is 5.32 Å². The minimum absolute atomic E-state index is 0.0572. The molecule has 0 aliphatic rings. The zero-order valence-corrected chi connectivity index (χ0v) is 12.1. The molecule has 0 aromatic heterocycles. The second-order valence-corrected chi connectivity index (χ2v) is 4.98. The van der Waals surface area contributed by atoms with Gasteiger partial charge in [0.15, 0.2) is 0 Å². The van der Waals surface area contributed by atoms with Gasteiger partial charge in [0.05, 0.1) is 18.2 Å². The lowest BCUT2D eigenvalue weighted by molar-refractivity contribution is -0.123. The van der Waals surface area contributed by atoms with Crippen LogP contribution in [-0.2, 0) is 4.79 Å². The molecule has 3 N–H and O–H groups in total. The molecule has 1 aromatic carbocycles. The molecule has 0 bridgehead atoms. The standard InChI is InChI=1S/C15H24N2O2/c1-5-14(16)15(18)17-11(4)12-6-8-13(9-7-12)19-10(2)3/h6-11,14H,5,16H2,1-4H3,(H,17,18). The van der Waals surface area contributed by atoms with Gasteiger partial charge in [-0.1, -0.05) is 19.1 Å². The normalized spacial score (nSPS) is 14.0. The first-order chi connectivity index (χ1) is 8.93. The predicted molar refractivity (Wildman–Crippen MR) is 77.0 cm³/mol. The molecule has 0 aliphatic carbocycles. The summed E-state index contributed by atoms with van der Waals surface area (Å²) in [5.74, 6) is 0.722. The van der Waals surface area contributed by atoms with Crippen molar-refractivity contribution in [3.63, 3.8) is 0 Å².